The summed E-state index contributed by atoms with van der Waals surface area (Å²) >= 11 is 0. The highest BCUT2D eigenvalue weighted by Crippen LogP contribution is 2.23. The second-order valence-corrected chi connectivity index (χ2v) is 7.42. The molecule has 7 heteroatoms. The molecule has 154 valence electrons. The van der Waals surface area contributed by atoms with Gasteiger partial charge in [-0.25, -0.2) is 0 Å². The molecule has 0 atom stereocenters. The number of hydrogen-bond donors (Lipinski definition) is 2. The summed E-state index contributed by atoms with van der Waals surface area (Å²) < 4.78 is 10.0. The van der Waals surface area contributed by atoms with Gasteiger partial charge in [-0.1, -0.05) is 45.0 Å². The Labute approximate surface area is 170 Å². The van der Waals surface area contributed by atoms with Crippen molar-refractivity contribution in [2.75, 3.05) is 25.6 Å². The van der Waals surface area contributed by atoms with E-state index >= 15 is 0 Å². The van der Waals surface area contributed by atoms with E-state index in [1.807, 2.05) is 12.1 Å². The highest BCUT2D eigenvalue weighted by molar-refractivity contribution is 5.97. The molecular weight excluding hydrogens is 372 g/mol. The zero-order chi connectivity index (χ0) is 21.4. The van der Waals surface area contributed by atoms with Crippen LogP contribution in [0.4, 0.5) is 5.69 Å². The highest BCUT2D eigenvalue weighted by atomic mass is 16.5. The lowest BCUT2D eigenvalue weighted by Crippen LogP contribution is -2.32. The summed E-state index contributed by atoms with van der Waals surface area (Å²) in [5.41, 5.74) is 2.01. The van der Waals surface area contributed by atoms with Gasteiger partial charge in [-0.15, -0.1) is 0 Å². The van der Waals surface area contributed by atoms with Gasteiger partial charge in [0.25, 0.3) is 11.8 Å². The van der Waals surface area contributed by atoms with Crippen molar-refractivity contribution in [1.29, 1.82) is 0 Å². The largest absolute Gasteiger partial charge is 0.495 e. The van der Waals surface area contributed by atoms with Crippen molar-refractivity contribution in [3.8, 4) is 5.75 Å². The normalized spacial score (nSPS) is 10.8. The van der Waals surface area contributed by atoms with Gasteiger partial charge in [0, 0.05) is 5.56 Å². The van der Waals surface area contributed by atoms with E-state index in [-0.39, 0.29) is 17.9 Å². The molecule has 2 aromatic carbocycles. The van der Waals surface area contributed by atoms with Crippen molar-refractivity contribution >= 4 is 23.5 Å². The summed E-state index contributed by atoms with van der Waals surface area (Å²) in [6.45, 7) is 5.46. The van der Waals surface area contributed by atoms with Crippen LogP contribution in [0.25, 0.3) is 0 Å². The van der Waals surface area contributed by atoms with Crippen LogP contribution >= 0.6 is 0 Å². The fourth-order valence-corrected chi connectivity index (χ4v) is 2.51. The average Bonchev–Trinajstić information content (AvgIpc) is 2.70. The molecule has 2 rings (SSSR count). The van der Waals surface area contributed by atoms with Crippen molar-refractivity contribution in [2.45, 2.75) is 26.2 Å². The molecule has 0 aliphatic rings. The first-order chi connectivity index (χ1) is 13.7. The average molecular weight is 398 g/mol. The van der Waals surface area contributed by atoms with Gasteiger partial charge >= 0.3 is 5.97 Å². The number of ether oxygens (including phenoxy) is 2. The molecule has 0 fully saturated rings. The summed E-state index contributed by atoms with van der Waals surface area (Å²) in [6.07, 6.45) is 0. The van der Waals surface area contributed by atoms with Gasteiger partial charge in [0.15, 0.2) is 6.61 Å². The molecule has 0 bridgehead atoms. The second-order valence-electron chi connectivity index (χ2n) is 7.42. The third-order valence-corrected chi connectivity index (χ3v) is 4.15. The standard InChI is InChI=1S/C22H26N2O5/c1-22(2,3)16-11-9-15(10-12-16)21(27)23-13-20(26)29-14-19(25)24-17-7-5-6-8-18(17)28-4/h5-12H,13-14H2,1-4H3,(H,23,27)(H,24,25). The number of benzene rings is 2. The number of carbonyl (C=O) groups excluding carboxylic acids is 3. The second kappa shape index (κ2) is 9.73. The summed E-state index contributed by atoms with van der Waals surface area (Å²) in [5, 5.41) is 5.08. The van der Waals surface area contributed by atoms with Crippen molar-refractivity contribution in [1.82, 2.24) is 5.32 Å². The van der Waals surface area contributed by atoms with Crippen LogP contribution in [0.3, 0.4) is 0 Å². The summed E-state index contributed by atoms with van der Waals surface area (Å²) in [5.74, 6) is -1.11. The minimum atomic E-state index is -0.708. The Bertz CT molecular complexity index is 870. The zero-order valence-corrected chi connectivity index (χ0v) is 17.1. The van der Waals surface area contributed by atoms with Gasteiger partial charge in [-0.3, -0.25) is 14.4 Å². The van der Waals surface area contributed by atoms with E-state index in [2.05, 4.69) is 31.4 Å². The number of rotatable bonds is 7. The molecule has 2 amide bonds. The van der Waals surface area contributed by atoms with Crippen LogP contribution in [0.1, 0.15) is 36.7 Å². The molecule has 0 aliphatic carbocycles. The summed E-state index contributed by atoms with van der Waals surface area (Å²) in [4.78, 5) is 35.9. The van der Waals surface area contributed by atoms with Crippen LogP contribution in [0.15, 0.2) is 48.5 Å². The number of nitrogens with one attached hydrogen (secondary N) is 2. The lowest BCUT2D eigenvalue weighted by molar-refractivity contribution is -0.146. The minimum Gasteiger partial charge on any atom is -0.495 e. The Morgan fingerprint density at radius 3 is 2.24 bits per heavy atom. The number of hydrogen-bond acceptors (Lipinski definition) is 5. The quantitative estimate of drug-likeness (QED) is 0.700. The number of methoxy groups -OCH3 is 1. The van der Waals surface area contributed by atoms with E-state index in [0.29, 0.717) is 17.0 Å². The topological polar surface area (TPSA) is 93.7 Å². The third-order valence-electron chi connectivity index (χ3n) is 4.15. The molecule has 0 saturated carbocycles. The molecule has 2 N–H and O–H groups in total. The van der Waals surface area contributed by atoms with E-state index in [9.17, 15) is 14.4 Å². The Morgan fingerprint density at radius 1 is 0.966 bits per heavy atom. The Morgan fingerprint density at radius 2 is 1.62 bits per heavy atom. The van der Waals surface area contributed by atoms with Crippen molar-refractivity contribution in [2.24, 2.45) is 0 Å². The van der Waals surface area contributed by atoms with E-state index in [0.717, 1.165) is 5.56 Å². The zero-order valence-electron chi connectivity index (χ0n) is 17.1. The predicted octanol–water partition coefficient (Wildman–Crippen LogP) is 2.90. The molecule has 7 nitrogen and oxygen atoms in total. The van der Waals surface area contributed by atoms with Crippen LogP contribution < -0.4 is 15.4 Å². The maximum absolute atomic E-state index is 12.1. The van der Waals surface area contributed by atoms with Crippen LogP contribution in [0.5, 0.6) is 5.75 Å². The van der Waals surface area contributed by atoms with E-state index in [1.165, 1.54) is 7.11 Å². The van der Waals surface area contributed by atoms with Gasteiger partial charge in [-0.2, -0.15) is 0 Å². The van der Waals surface area contributed by atoms with E-state index < -0.39 is 18.5 Å². The molecule has 0 saturated heterocycles. The number of carbonyl (C=O) groups is 3. The Hall–Kier alpha value is -3.35. The summed E-state index contributed by atoms with van der Waals surface area (Å²) in [7, 11) is 1.49. The molecular formula is C22H26N2O5. The van der Waals surface area contributed by atoms with Gasteiger partial charge < -0.3 is 20.1 Å². The fourth-order valence-electron chi connectivity index (χ4n) is 2.51. The van der Waals surface area contributed by atoms with Crippen molar-refractivity contribution in [3.63, 3.8) is 0 Å². The number of amides is 2. The number of para-hydroxylation sites is 2. The summed E-state index contributed by atoms with van der Waals surface area (Å²) in [6, 6.07) is 14.1. The Kier molecular flexibility index (Phi) is 7.36. The van der Waals surface area contributed by atoms with Crippen LogP contribution in [0, 0.1) is 0 Å². The lowest BCUT2D eigenvalue weighted by atomic mass is 9.87. The molecule has 0 spiro atoms. The van der Waals surface area contributed by atoms with Gasteiger partial charge in [0.05, 0.1) is 12.8 Å². The molecule has 2 aromatic rings. The highest BCUT2D eigenvalue weighted by Gasteiger charge is 2.15. The van der Waals surface area contributed by atoms with Gasteiger partial charge in [0.2, 0.25) is 0 Å². The van der Waals surface area contributed by atoms with Crippen LogP contribution in [-0.4, -0.2) is 38.0 Å². The van der Waals surface area contributed by atoms with Gasteiger partial charge in [0.1, 0.15) is 12.3 Å². The number of esters is 1. The smallest absolute Gasteiger partial charge is 0.325 e. The first kappa shape index (κ1) is 21.9. The first-order valence-electron chi connectivity index (χ1n) is 9.18. The number of anilines is 1. The van der Waals surface area contributed by atoms with Gasteiger partial charge in [-0.05, 0) is 35.2 Å². The predicted molar refractivity (Wildman–Crippen MR) is 110 cm³/mol. The first-order valence-corrected chi connectivity index (χ1v) is 9.18. The SMILES string of the molecule is COc1ccccc1NC(=O)COC(=O)CNC(=O)c1ccc(C(C)(C)C)cc1. The lowest BCUT2D eigenvalue weighted by Gasteiger charge is -2.19. The van der Waals surface area contributed by atoms with Crippen molar-refractivity contribution < 1.29 is 23.9 Å². The minimum absolute atomic E-state index is 0.0108. The monoisotopic (exact) mass is 398 g/mol. The molecule has 0 heterocycles. The van der Waals surface area contributed by atoms with Crippen LogP contribution in [0.2, 0.25) is 0 Å². The fraction of sp³-hybridized carbons (Fsp3) is 0.318. The van der Waals surface area contributed by atoms with E-state index in [1.54, 1.807) is 36.4 Å². The van der Waals surface area contributed by atoms with E-state index in [4.69, 9.17) is 9.47 Å². The molecule has 0 radical (unpaired) electrons. The Balaban J connectivity index is 1.78. The molecule has 29 heavy (non-hydrogen) atoms. The maximum Gasteiger partial charge on any atom is 0.325 e. The van der Waals surface area contributed by atoms with Crippen molar-refractivity contribution in [3.05, 3.63) is 59.7 Å². The third kappa shape index (κ3) is 6.64. The molecule has 0 aromatic heterocycles. The van der Waals surface area contributed by atoms with Crippen LogP contribution in [-0.2, 0) is 19.7 Å². The molecule has 0 aliphatic heterocycles. The maximum atomic E-state index is 12.1. The molecule has 0 unspecified atom stereocenters.